The number of nitrogens with zero attached hydrogens (tertiary/aromatic N) is 2. The monoisotopic (exact) mass is 703 g/mol. The molecule has 3 amide bonds. The number of alkyl carbamates (subject to hydrolysis) is 1. The van der Waals surface area contributed by atoms with Crippen molar-refractivity contribution in [3.05, 3.63) is 137 Å². The molecule has 1 heterocycles. The van der Waals surface area contributed by atoms with Gasteiger partial charge in [-0.15, -0.1) is 0 Å². The molecule has 0 saturated heterocycles. The maximum Gasteiger partial charge on any atom is 0.407 e. The van der Waals surface area contributed by atoms with Crippen molar-refractivity contribution in [2.24, 2.45) is 5.41 Å². The van der Waals surface area contributed by atoms with Crippen LogP contribution < -0.4 is 16.1 Å². The van der Waals surface area contributed by atoms with E-state index in [1.807, 2.05) is 91.0 Å². The highest BCUT2D eigenvalue weighted by Crippen LogP contribution is 2.32. The van der Waals surface area contributed by atoms with Gasteiger partial charge in [0.2, 0.25) is 0 Å². The van der Waals surface area contributed by atoms with Crippen molar-refractivity contribution in [1.29, 1.82) is 0 Å². The van der Waals surface area contributed by atoms with Crippen molar-refractivity contribution in [1.82, 2.24) is 26.1 Å². The van der Waals surface area contributed by atoms with Crippen LogP contribution in [0.1, 0.15) is 60.2 Å². The number of carbonyl (C=O) groups excluding carboxylic acids is 3. The summed E-state index contributed by atoms with van der Waals surface area (Å²) in [6, 6.07) is 25.9. The number of aromatic nitrogens is 1. The third kappa shape index (κ3) is 9.82. The minimum atomic E-state index is -2.09. The van der Waals surface area contributed by atoms with E-state index < -0.39 is 47.1 Å². The molecule has 3 aromatic carbocycles. The minimum Gasteiger partial charge on any atom is -0.453 e. The standard InChI is InChI=1S/C41H45N5O6/c1-40(2,3)36(44-39(50)52-4)37(48)45-46(26-31-20-17-28(18-21-31)16-19-30-13-10-22-42-25-30)27-41(51,24-29-11-6-5-7-12-29)38(49)43-35-33-15-9-8-14-32(33)23-34(35)47/h5-15,17-18,20-22,25,34-36,47,51H,23-24,26-27H2,1-4H3,(H,43,49)(H,44,50)(H,45,48)/t34-,35+,36-,41-/m1/s1. The number of pyridine rings is 1. The summed E-state index contributed by atoms with van der Waals surface area (Å²) < 4.78 is 4.79. The SMILES string of the molecule is COC(=O)N[C@H](C(=O)NN(Cc1ccc(C#Cc2cccnc2)cc1)C[C@](O)(Cc1ccccc1)C(=O)N[C@H]1c2ccccc2C[C@H]1O)C(C)(C)C. The van der Waals surface area contributed by atoms with E-state index in [4.69, 9.17) is 4.74 Å². The second kappa shape index (κ2) is 16.7. The van der Waals surface area contributed by atoms with E-state index in [-0.39, 0.29) is 19.5 Å². The normalized spacial score (nSPS) is 16.8. The van der Waals surface area contributed by atoms with Gasteiger partial charge in [-0.2, -0.15) is 0 Å². The van der Waals surface area contributed by atoms with Gasteiger partial charge in [0.05, 0.1) is 25.8 Å². The summed E-state index contributed by atoms with van der Waals surface area (Å²) in [4.78, 5) is 44.6. The smallest absolute Gasteiger partial charge is 0.407 e. The lowest BCUT2D eigenvalue weighted by molar-refractivity contribution is -0.147. The highest BCUT2D eigenvalue weighted by Gasteiger charge is 2.43. The zero-order chi connectivity index (χ0) is 37.3. The molecular weight excluding hydrogens is 658 g/mol. The number of rotatable bonds is 11. The molecule has 52 heavy (non-hydrogen) atoms. The topological polar surface area (TPSA) is 153 Å². The van der Waals surface area contributed by atoms with Crippen LogP contribution in [0.3, 0.4) is 0 Å². The predicted octanol–water partition coefficient (Wildman–Crippen LogP) is 3.83. The van der Waals surface area contributed by atoms with E-state index in [2.05, 4.69) is 32.9 Å². The Bertz CT molecular complexity index is 1900. The van der Waals surface area contributed by atoms with Crippen LogP contribution in [0.25, 0.3) is 0 Å². The molecule has 4 aromatic rings. The summed E-state index contributed by atoms with van der Waals surface area (Å²) in [6.45, 7) is 5.13. The highest BCUT2D eigenvalue weighted by atomic mass is 16.5. The predicted molar refractivity (Wildman–Crippen MR) is 196 cm³/mol. The van der Waals surface area contributed by atoms with Gasteiger partial charge in [-0.25, -0.2) is 9.80 Å². The maximum atomic E-state index is 14.3. The fourth-order valence-corrected chi connectivity index (χ4v) is 6.18. The van der Waals surface area contributed by atoms with Gasteiger partial charge in [0.25, 0.3) is 11.8 Å². The van der Waals surface area contributed by atoms with Gasteiger partial charge in [0.15, 0.2) is 5.60 Å². The first-order valence-corrected chi connectivity index (χ1v) is 17.1. The number of aliphatic hydroxyl groups is 2. The molecule has 11 heteroatoms. The fraction of sp³-hybridized carbons (Fsp3) is 0.317. The van der Waals surface area contributed by atoms with Crippen molar-refractivity contribution >= 4 is 17.9 Å². The fourth-order valence-electron chi connectivity index (χ4n) is 6.18. The Morgan fingerprint density at radius 1 is 0.923 bits per heavy atom. The molecule has 5 N–H and O–H groups in total. The molecular formula is C41H45N5O6. The average Bonchev–Trinajstić information content (AvgIpc) is 3.44. The van der Waals surface area contributed by atoms with E-state index in [1.54, 1.807) is 33.2 Å². The van der Waals surface area contributed by atoms with Gasteiger partial charge < -0.3 is 25.6 Å². The number of hydrazine groups is 1. The molecule has 0 bridgehead atoms. The van der Waals surface area contributed by atoms with Gasteiger partial charge in [0.1, 0.15) is 6.04 Å². The molecule has 11 nitrogen and oxygen atoms in total. The van der Waals surface area contributed by atoms with E-state index in [0.717, 1.165) is 27.8 Å². The van der Waals surface area contributed by atoms with Gasteiger partial charge in [-0.3, -0.25) is 20.0 Å². The van der Waals surface area contributed by atoms with E-state index in [9.17, 15) is 24.6 Å². The third-order valence-electron chi connectivity index (χ3n) is 8.89. The lowest BCUT2D eigenvalue weighted by Gasteiger charge is -2.37. The molecule has 1 aromatic heterocycles. The Hall–Kier alpha value is -5.54. The molecule has 0 aliphatic heterocycles. The number of nitrogens with one attached hydrogen (secondary N) is 3. The zero-order valence-corrected chi connectivity index (χ0v) is 29.8. The molecule has 0 unspecified atom stereocenters. The number of benzene rings is 3. The molecule has 0 fully saturated rings. The average molecular weight is 704 g/mol. The number of aliphatic hydroxyl groups excluding tert-OH is 1. The lowest BCUT2D eigenvalue weighted by atomic mass is 9.86. The van der Waals surface area contributed by atoms with Crippen LogP contribution in [-0.2, 0) is 33.7 Å². The Morgan fingerprint density at radius 2 is 1.62 bits per heavy atom. The van der Waals surface area contributed by atoms with Crippen LogP contribution in [0.15, 0.2) is 103 Å². The van der Waals surface area contributed by atoms with Crippen molar-refractivity contribution < 1.29 is 29.3 Å². The van der Waals surface area contributed by atoms with Crippen LogP contribution in [-0.4, -0.2) is 69.5 Å². The Morgan fingerprint density at radius 3 is 2.29 bits per heavy atom. The first-order chi connectivity index (χ1) is 24.8. The van der Waals surface area contributed by atoms with Crippen molar-refractivity contribution in [3.8, 4) is 11.8 Å². The summed E-state index contributed by atoms with van der Waals surface area (Å²) in [5, 5.41) is 30.3. The third-order valence-corrected chi connectivity index (χ3v) is 8.89. The van der Waals surface area contributed by atoms with Crippen LogP contribution in [0.5, 0.6) is 0 Å². The van der Waals surface area contributed by atoms with Crippen molar-refractivity contribution in [2.75, 3.05) is 13.7 Å². The van der Waals surface area contributed by atoms with Gasteiger partial charge >= 0.3 is 6.09 Å². The van der Waals surface area contributed by atoms with Crippen molar-refractivity contribution in [2.45, 2.75) is 63.9 Å². The molecule has 0 saturated carbocycles. The largest absolute Gasteiger partial charge is 0.453 e. The number of methoxy groups -OCH3 is 1. The molecule has 1 aliphatic carbocycles. The molecule has 0 radical (unpaired) electrons. The number of ether oxygens (including phenoxy) is 1. The molecule has 1 aliphatic rings. The highest BCUT2D eigenvalue weighted by molar-refractivity contribution is 5.87. The lowest BCUT2D eigenvalue weighted by Crippen LogP contribution is -2.62. The van der Waals surface area contributed by atoms with Gasteiger partial charge in [-0.05, 0) is 51.9 Å². The van der Waals surface area contributed by atoms with E-state index in [0.29, 0.717) is 12.0 Å². The molecule has 270 valence electrons. The summed E-state index contributed by atoms with van der Waals surface area (Å²) in [7, 11) is 1.21. The number of hydrogen-bond donors (Lipinski definition) is 5. The summed E-state index contributed by atoms with van der Waals surface area (Å²) >= 11 is 0. The van der Waals surface area contributed by atoms with Crippen LogP contribution in [0.2, 0.25) is 0 Å². The van der Waals surface area contributed by atoms with Crippen LogP contribution in [0, 0.1) is 17.3 Å². The number of amides is 3. The maximum absolute atomic E-state index is 14.3. The van der Waals surface area contributed by atoms with Crippen LogP contribution in [0.4, 0.5) is 4.79 Å². The van der Waals surface area contributed by atoms with Gasteiger partial charge in [0, 0.05) is 42.9 Å². The number of fused-ring (bicyclic) bond motifs is 1. The van der Waals surface area contributed by atoms with Crippen molar-refractivity contribution in [3.63, 3.8) is 0 Å². The van der Waals surface area contributed by atoms with E-state index in [1.165, 1.54) is 12.1 Å². The molecule has 4 atom stereocenters. The Balaban J connectivity index is 1.46. The first kappa shape index (κ1) is 37.7. The molecule has 5 rings (SSSR count). The second-order valence-electron chi connectivity index (χ2n) is 14.1. The summed E-state index contributed by atoms with van der Waals surface area (Å²) in [5.41, 5.74) is 4.73. The number of carbonyl (C=O) groups is 3. The first-order valence-electron chi connectivity index (χ1n) is 17.1. The zero-order valence-electron chi connectivity index (χ0n) is 29.8. The Kier molecular flexibility index (Phi) is 12.1. The second-order valence-corrected chi connectivity index (χ2v) is 14.1. The number of hydrogen-bond acceptors (Lipinski definition) is 8. The summed E-state index contributed by atoms with van der Waals surface area (Å²) in [6.07, 6.45) is 1.98. The summed E-state index contributed by atoms with van der Waals surface area (Å²) in [5.74, 6) is 4.91. The minimum absolute atomic E-state index is 0.0798. The van der Waals surface area contributed by atoms with Gasteiger partial charge in [-0.1, -0.05) is 99.3 Å². The van der Waals surface area contributed by atoms with E-state index >= 15 is 0 Å². The molecule has 0 spiro atoms. The Labute approximate surface area is 304 Å². The quantitative estimate of drug-likeness (QED) is 0.117. The van der Waals surface area contributed by atoms with Crippen LogP contribution >= 0.6 is 0 Å².